The lowest BCUT2D eigenvalue weighted by atomic mass is 10.2. The fraction of sp³-hybridized carbons (Fsp3) is 0.500. The second kappa shape index (κ2) is 7.28. The molecule has 0 saturated heterocycles. The number of carbonyl (C=O) groups excluding carboxylic acids is 1. The number of carbonyl (C=O) groups is 1. The van der Waals surface area contributed by atoms with E-state index < -0.39 is 0 Å². The zero-order valence-electron chi connectivity index (χ0n) is 9.73. The molecule has 4 heteroatoms. The van der Waals surface area contributed by atoms with Gasteiger partial charge >= 0.3 is 0 Å². The second-order valence-corrected chi connectivity index (χ2v) is 4.42. The van der Waals surface area contributed by atoms with E-state index in [-0.39, 0.29) is 5.78 Å². The zero-order valence-corrected chi connectivity index (χ0v) is 10.5. The van der Waals surface area contributed by atoms with Crippen LogP contribution < -0.4 is 4.74 Å². The maximum atomic E-state index is 11.8. The van der Waals surface area contributed by atoms with E-state index >= 15 is 0 Å². The van der Waals surface area contributed by atoms with Crippen molar-refractivity contribution in [1.29, 1.82) is 0 Å². The van der Waals surface area contributed by atoms with E-state index in [9.17, 15) is 4.79 Å². The van der Waals surface area contributed by atoms with Crippen molar-refractivity contribution in [3.63, 3.8) is 0 Å². The lowest BCUT2D eigenvalue weighted by Gasteiger charge is -2.04. The molecule has 16 heavy (non-hydrogen) atoms. The molecule has 0 aliphatic rings. The molecule has 0 spiro atoms. The van der Waals surface area contributed by atoms with Gasteiger partial charge in [-0.15, -0.1) is 0 Å². The summed E-state index contributed by atoms with van der Waals surface area (Å²) in [5.74, 6) is 2.32. The van der Waals surface area contributed by atoms with Crippen molar-refractivity contribution in [2.45, 2.75) is 20.3 Å². The van der Waals surface area contributed by atoms with E-state index in [0.29, 0.717) is 23.7 Å². The normalized spacial score (nSPS) is 10.1. The fourth-order valence-corrected chi connectivity index (χ4v) is 1.99. The number of hydrogen-bond donors (Lipinski definition) is 0. The SMILES string of the molecule is CCCSCC(=O)c1cncc(OCC)c1. The van der Waals surface area contributed by atoms with Crippen LogP contribution in [0.1, 0.15) is 30.6 Å². The molecular weight excluding hydrogens is 222 g/mol. The Balaban J connectivity index is 2.57. The molecule has 1 aromatic rings. The van der Waals surface area contributed by atoms with E-state index in [1.54, 1.807) is 30.2 Å². The summed E-state index contributed by atoms with van der Waals surface area (Å²) in [4.78, 5) is 15.8. The Kier molecular flexibility index (Phi) is 5.93. The van der Waals surface area contributed by atoms with Crippen molar-refractivity contribution in [3.05, 3.63) is 24.0 Å². The summed E-state index contributed by atoms with van der Waals surface area (Å²) in [6.07, 6.45) is 4.31. The molecule has 0 aliphatic carbocycles. The maximum absolute atomic E-state index is 11.8. The van der Waals surface area contributed by atoms with Gasteiger partial charge in [-0.1, -0.05) is 6.92 Å². The highest BCUT2D eigenvalue weighted by atomic mass is 32.2. The van der Waals surface area contributed by atoms with Crippen LogP contribution in [-0.4, -0.2) is 28.9 Å². The predicted octanol–water partition coefficient (Wildman–Crippen LogP) is 2.81. The third kappa shape index (κ3) is 4.23. The average molecular weight is 239 g/mol. The molecule has 1 aromatic heterocycles. The first-order valence-electron chi connectivity index (χ1n) is 5.46. The lowest BCUT2D eigenvalue weighted by Crippen LogP contribution is -2.04. The number of hydrogen-bond acceptors (Lipinski definition) is 4. The minimum absolute atomic E-state index is 0.118. The zero-order chi connectivity index (χ0) is 11.8. The molecule has 0 fully saturated rings. The minimum Gasteiger partial charge on any atom is -0.492 e. The number of nitrogens with zero attached hydrogens (tertiary/aromatic N) is 1. The molecule has 0 aliphatic heterocycles. The van der Waals surface area contributed by atoms with Crippen LogP contribution in [0.5, 0.6) is 5.75 Å². The summed E-state index contributed by atoms with van der Waals surface area (Å²) in [7, 11) is 0. The number of pyridine rings is 1. The summed E-state index contributed by atoms with van der Waals surface area (Å²) in [5, 5.41) is 0. The summed E-state index contributed by atoms with van der Waals surface area (Å²) >= 11 is 1.66. The van der Waals surface area contributed by atoms with Gasteiger partial charge in [0.05, 0.1) is 18.6 Å². The Labute approximate surface area is 101 Å². The average Bonchev–Trinajstić information content (AvgIpc) is 2.30. The van der Waals surface area contributed by atoms with Gasteiger partial charge in [0, 0.05) is 11.8 Å². The fourth-order valence-electron chi connectivity index (χ4n) is 1.21. The highest BCUT2D eigenvalue weighted by Crippen LogP contribution is 2.13. The number of ether oxygens (including phenoxy) is 1. The third-order valence-electron chi connectivity index (χ3n) is 1.93. The van der Waals surface area contributed by atoms with Crippen molar-refractivity contribution >= 4 is 17.5 Å². The minimum atomic E-state index is 0.118. The maximum Gasteiger partial charge on any atom is 0.174 e. The van der Waals surface area contributed by atoms with Crippen LogP contribution in [0.3, 0.4) is 0 Å². The smallest absolute Gasteiger partial charge is 0.174 e. The van der Waals surface area contributed by atoms with Crippen LogP contribution in [0, 0.1) is 0 Å². The van der Waals surface area contributed by atoms with Crippen molar-refractivity contribution in [2.75, 3.05) is 18.1 Å². The lowest BCUT2D eigenvalue weighted by molar-refractivity contribution is 0.102. The summed E-state index contributed by atoms with van der Waals surface area (Å²) in [6, 6.07) is 1.76. The van der Waals surface area contributed by atoms with E-state index in [1.165, 1.54) is 0 Å². The molecule has 1 heterocycles. The Hall–Kier alpha value is -1.03. The van der Waals surface area contributed by atoms with E-state index in [4.69, 9.17) is 4.74 Å². The Morgan fingerprint density at radius 2 is 2.25 bits per heavy atom. The Bertz CT molecular complexity index is 342. The van der Waals surface area contributed by atoms with Crippen LogP contribution >= 0.6 is 11.8 Å². The topological polar surface area (TPSA) is 39.2 Å². The quantitative estimate of drug-likeness (QED) is 0.542. The molecule has 0 radical (unpaired) electrons. The Morgan fingerprint density at radius 1 is 1.44 bits per heavy atom. The van der Waals surface area contributed by atoms with Gasteiger partial charge in [-0.05, 0) is 25.2 Å². The van der Waals surface area contributed by atoms with Crippen molar-refractivity contribution in [2.24, 2.45) is 0 Å². The molecule has 0 amide bonds. The molecule has 0 N–H and O–H groups in total. The van der Waals surface area contributed by atoms with Crippen LogP contribution in [-0.2, 0) is 0 Å². The van der Waals surface area contributed by atoms with Gasteiger partial charge in [-0.25, -0.2) is 0 Å². The Morgan fingerprint density at radius 3 is 2.94 bits per heavy atom. The number of rotatable bonds is 7. The molecule has 1 rings (SSSR count). The van der Waals surface area contributed by atoms with Gasteiger partial charge in [0.1, 0.15) is 5.75 Å². The summed E-state index contributed by atoms with van der Waals surface area (Å²) in [6.45, 7) is 4.60. The number of thioether (sulfide) groups is 1. The number of Topliss-reactive ketones (excluding diaryl/α,β-unsaturated/α-hetero) is 1. The van der Waals surface area contributed by atoms with E-state index in [1.807, 2.05) is 6.92 Å². The molecular formula is C12H17NO2S. The third-order valence-corrected chi connectivity index (χ3v) is 3.09. The predicted molar refractivity (Wildman–Crippen MR) is 67.4 cm³/mol. The van der Waals surface area contributed by atoms with Crippen molar-refractivity contribution in [1.82, 2.24) is 4.98 Å². The van der Waals surface area contributed by atoms with Crippen LogP contribution in [0.4, 0.5) is 0 Å². The van der Waals surface area contributed by atoms with E-state index in [2.05, 4.69) is 11.9 Å². The van der Waals surface area contributed by atoms with Crippen molar-refractivity contribution < 1.29 is 9.53 Å². The molecule has 0 aromatic carbocycles. The first-order valence-corrected chi connectivity index (χ1v) is 6.62. The van der Waals surface area contributed by atoms with Gasteiger partial charge in [0.15, 0.2) is 5.78 Å². The number of aromatic nitrogens is 1. The molecule has 0 unspecified atom stereocenters. The van der Waals surface area contributed by atoms with Crippen LogP contribution in [0.2, 0.25) is 0 Å². The first-order chi connectivity index (χ1) is 7.77. The van der Waals surface area contributed by atoms with Crippen LogP contribution in [0.15, 0.2) is 18.5 Å². The molecule has 3 nitrogen and oxygen atoms in total. The number of ketones is 1. The molecule has 88 valence electrons. The monoisotopic (exact) mass is 239 g/mol. The second-order valence-electron chi connectivity index (χ2n) is 3.32. The molecule has 0 atom stereocenters. The standard InChI is InChI=1S/C12H17NO2S/c1-3-5-16-9-12(14)10-6-11(15-4-2)8-13-7-10/h6-8H,3-5,9H2,1-2H3. The summed E-state index contributed by atoms with van der Waals surface area (Å²) < 4.78 is 5.30. The highest BCUT2D eigenvalue weighted by Gasteiger charge is 2.07. The van der Waals surface area contributed by atoms with Crippen molar-refractivity contribution in [3.8, 4) is 5.75 Å². The van der Waals surface area contributed by atoms with Gasteiger partial charge in [0.25, 0.3) is 0 Å². The van der Waals surface area contributed by atoms with Crippen LogP contribution in [0.25, 0.3) is 0 Å². The van der Waals surface area contributed by atoms with E-state index in [0.717, 1.165) is 12.2 Å². The molecule has 0 bridgehead atoms. The highest BCUT2D eigenvalue weighted by molar-refractivity contribution is 7.99. The molecule has 0 saturated carbocycles. The van der Waals surface area contributed by atoms with Gasteiger partial charge in [-0.2, -0.15) is 11.8 Å². The van der Waals surface area contributed by atoms with Gasteiger partial charge in [-0.3, -0.25) is 9.78 Å². The first kappa shape index (κ1) is 13.0. The largest absolute Gasteiger partial charge is 0.492 e. The van der Waals surface area contributed by atoms with Gasteiger partial charge in [0.2, 0.25) is 0 Å². The van der Waals surface area contributed by atoms with Gasteiger partial charge < -0.3 is 4.74 Å². The summed E-state index contributed by atoms with van der Waals surface area (Å²) in [5.41, 5.74) is 0.634.